The third-order valence-electron chi connectivity index (χ3n) is 3.43. The molecule has 2 rings (SSSR count). The Morgan fingerprint density at radius 3 is 2.50 bits per heavy atom. The van der Waals surface area contributed by atoms with Crippen LogP contribution in [0.15, 0.2) is 0 Å². The highest BCUT2D eigenvalue weighted by atomic mass is 19.1. The van der Waals surface area contributed by atoms with Gasteiger partial charge in [-0.05, 0) is 38.5 Å². The van der Waals surface area contributed by atoms with Gasteiger partial charge in [-0.2, -0.15) is 0 Å². The average molecular weight is 171 g/mol. The molecule has 1 heterocycles. The number of rotatable bonds is 1. The number of hydrogen-bond donors (Lipinski definition) is 1. The zero-order valence-corrected chi connectivity index (χ0v) is 7.78. The molecular weight excluding hydrogens is 153 g/mol. The molecule has 2 unspecified atom stereocenters. The van der Waals surface area contributed by atoms with Gasteiger partial charge in [-0.15, -0.1) is 0 Å². The molecule has 0 bridgehead atoms. The van der Waals surface area contributed by atoms with Crippen LogP contribution >= 0.6 is 0 Å². The maximum atomic E-state index is 13.4. The molecule has 0 amide bonds. The zero-order valence-electron chi connectivity index (χ0n) is 7.78. The lowest BCUT2D eigenvalue weighted by Gasteiger charge is -2.40. The van der Waals surface area contributed by atoms with Crippen molar-refractivity contribution in [3.63, 3.8) is 0 Å². The molecule has 2 atom stereocenters. The second-order valence-electron chi connectivity index (χ2n) is 4.63. The van der Waals surface area contributed by atoms with Crippen LogP contribution in [0.1, 0.15) is 39.0 Å². The average Bonchev–Trinajstić information content (AvgIpc) is 1.89. The highest BCUT2D eigenvalue weighted by Gasteiger charge is 2.35. The van der Waals surface area contributed by atoms with E-state index in [2.05, 4.69) is 5.32 Å². The van der Waals surface area contributed by atoms with E-state index >= 15 is 0 Å². The van der Waals surface area contributed by atoms with Crippen molar-refractivity contribution in [3.8, 4) is 0 Å². The summed E-state index contributed by atoms with van der Waals surface area (Å²) in [7, 11) is 0. The Morgan fingerprint density at radius 1 is 1.33 bits per heavy atom. The monoisotopic (exact) mass is 171 g/mol. The van der Waals surface area contributed by atoms with Crippen LogP contribution in [0.4, 0.5) is 4.39 Å². The minimum atomic E-state index is -0.944. The van der Waals surface area contributed by atoms with Crippen molar-refractivity contribution in [1.82, 2.24) is 5.32 Å². The van der Waals surface area contributed by atoms with Crippen LogP contribution in [0.5, 0.6) is 0 Å². The summed E-state index contributed by atoms with van der Waals surface area (Å²) in [5.41, 5.74) is -0.944. The Kier molecular flexibility index (Phi) is 2.11. The second kappa shape index (κ2) is 2.99. The molecule has 0 spiro atoms. The van der Waals surface area contributed by atoms with Gasteiger partial charge in [0.2, 0.25) is 0 Å². The molecule has 0 aromatic heterocycles. The first-order valence-corrected chi connectivity index (χ1v) is 5.10. The first-order valence-electron chi connectivity index (χ1n) is 5.10. The quantitative estimate of drug-likeness (QED) is 0.638. The minimum Gasteiger partial charge on any atom is -0.311 e. The maximum absolute atomic E-state index is 13.4. The molecule has 2 aliphatic rings. The Balaban J connectivity index is 1.81. The molecular formula is C10H18FN. The number of alkyl halides is 1. The zero-order chi connectivity index (χ0) is 8.60. The first-order chi connectivity index (χ1) is 5.67. The topological polar surface area (TPSA) is 12.0 Å². The number of nitrogens with one attached hydrogen (secondary N) is 1. The largest absolute Gasteiger partial charge is 0.311 e. The van der Waals surface area contributed by atoms with E-state index in [-0.39, 0.29) is 0 Å². The molecule has 70 valence electrons. The predicted octanol–water partition coefficient (Wildman–Crippen LogP) is 2.27. The van der Waals surface area contributed by atoms with E-state index in [4.69, 9.17) is 0 Å². The molecule has 1 nitrogen and oxygen atoms in total. The van der Waals surface area contributed by atoms with Gasteiger partial charge in [-0.1, -0.05) is 6.42 Å². The fourth-order valence-corrected chi connectivity index (χ4v) is 2.24. The summed E-state index contributed by atoms with van der Waals surface area (Å²) in [5, 5.41) is 3.34. The van der Waals surface area contributed by atoms with Gasteiger partial charge in [0.1, 0.15) is 5.67 Å². The molecule has 1 saturated carbocycles. The van der Waals surface area contributed by atoms with Gasteiger partial charge in [-0.3, -0.25) is 0 Å². The molecule has 1 aliphatic heterocycles. The molecule has 0 aromatic rings. The van der Waals surface area contributed by atoms with E-state index in [1.807, 2.05) is 0 Å². The fraction of sp³-hybridized carbons (Fsp3) is 1.00. The van der Waals surface area contributed by atoms with Crippen LogP contribution in [-0.2, 0) is 0 Å². The highest BCUT2D eigenvalue weighted by molar-refractivity contribution is 4.91. The van der Waals surface area contributed by atoms with Crippen LogP contribution in [0.2, 0.25) is 0 Å². The van der Waals surface area contributed by atoms with Crippen molar-refractivity contribution in [2.75, 3.05) is 6.54 Å². The van der Waals surface area contributed by atoms with E-state index in [1.165, 1.54) is 19.3 Å². The highest BCUT2D eigenvalue weighted by Crippen LogP contribution is 2.35. The van der Waals surface area contributed by atoms with Gasteiger partial charge in [0.15, 0.2) is 0 Å². The molecule has 2 fully saturated rings. The molecule has 1 saturated heterocycles. The van der Waals surface area contributed by atoms with E-state index in [0.717, 1.165) is 18.8 Å². The predicted molar refractivity (Wildman–Crippen MR) is 47.9 cm³/mol. The summed E-state index contributed by atoms with van der Waals surface area (Å²) < 4.78 is 13.4. The standard InChI is InChI=1S/C10H18FN/c1-10(11)6-5-9(12-7-10)8-3-2-4-8/h8-9,12H,2-7H2,1H3. The lowest BCUT2D eigenvalue weighted by atomic mass is 9.75. The molecule has 1 aliphatic carbocycles. The third kappa shape index (κ3) is 1.63. The van der Waals surface area contributed by atoms with E-state index in [9.17, 15) is 4.39 Å². The summed E-state index contributed by atoms with van der Waals surface area (Å²) >= 11 is 0. The Bertz CT molecular complexity index is 153. The van der Waals surface area contributed by atoms with E-state index in [1.54, 1.807) is 6.92 Å². The summed E-state index contributed by atoms with van der Waals surface area (Å²) in [6, 6.07) is 0.627. The van der Waals surface area contributed by atoms with Gasteiger partial charge < -0.3 is 5.32 Å². The summed E-state index contributed by atoms with van der Waals surface area (Å²) in [6.07, 6.45) is 5.90. The lowest BCUT2D eigenvalue weighted by Crippen LogP contribution is -2.50. The normalized spacial score (nSPS) is 44.0. The second-order valence-corrected chi connectivity index (χ2v) is 4.63. The number of piperidine rings is 1. The molecule has 1 N–H and O–H groups in total. The molecule has 0 radical (unpaired) electrons. The Labute approximate surface area is 73.7 Å². The van der Waals surface area contributed by atoms with Crippen molar-refractivity contribution in [1.29, 1.82) is 0 Å². The first kappa shape index (κ1) is 8.49. The van der Waals surface area contributed by atoms with Crippen LogP contribution in [0.3, 0.4) is 0 Å². The smallest absolute Gasteiger partial charge is 0.120 e. The van der Waals surface area contributed by atoms with Gasteiger partial charge in [-0.25, -0.2) is 4.39 Å². The third-order valence-corrected chi connectivity index (χ3v) is 3.43. The van der Waals surface area contributed by atoms with Crippen molar-refractivity contribution < 1.29 is 4.39 Å². The van der Waals surface area contributed by atoms with Gasteiger partial charge in [0.25, 0.3) is 0 Å². The van der Waals surface area contributed by atoms with Crippen LogP contribution in [0.25, 0.3) is 0 Å². The van der Waals surface area contributed by atoms with Crippen LogP contribution in [0, 0.1) is 5.92 Å². The molecule has 2 heteroatoms. The molecule has 12 heavy (non-hydrogen) atoms. The minimum absolute atomic E-state index is 0.564. The Morgan fingerprint density at radius 2 is 2.08 bits per heavy atom. The number of halogens is 1. The van der Waals surface area contributed by atoms with Crippen LogP contribution < -0.4 is 5.32 Å². The summed E-state index contributed by atoms with van der Waals surface area (Å²) in [5.74, 6) is 0.862. The van der Waals surface area contributed by atoms with Gasteiger partial charge in [0.05, 0.1) is 0 Å². The van der Waals surface area contributed by atoms with E-state index < -0.39 is 5.67 Å². The number of hydrogen-bond acceptors (Lipinski definition) is 1. The summed E-state index contributed by atoms with van der Waals surface area (Å²) in [4.78, 5) is 0. The maximum Gasteiger partial charge on any atom is 0.120 e. The van der Waals surface area contributed by atoms with Crippen molar-refractivity contribution in [3.05, 3.63) is 0 Å². The lowest BCUT2D eigenvalue weighted by molar-refractivity contribution is 0.0905. The fourth-order valence-electron chi connectivity index (χ4n) is 2.24. The Hall–Kier alpha value is -0.110. The molecule has 0 aromatic carbocycles. The summed E-state index contributed by atoms with van der Waals surface area (Å²) in [6.45, 7) is 2.27. The van der Waals surface area contributed by atoms with Crippen LogP contribution in [-0.4, -0.2) is 18.3 Å². The van der Waals surface area contributed by atoms with Gasteiger partial charge >= 0.3 is 0 Å². The van der Waals surface area contributed by atoms with Gasteiger partial charge in [0, 0.05) is 12.6 Å². The van der Waals surface area contributed by atoms with Crippen molar-refractivity contribution >= 4 is 0 Å². The van der Waals surface area contributed by atoms with Crippen molar-refractivity contribution in [2.45, 2.75) is 50.7 Å². The SMILES string of the molecule is CC1(F)CCC(C2CCC2)NC1. The van der Waals surface area contributed by atoms with Crippen molar-refractivity contribution in [2.24, 2.45) is 5.92 Å². The van der Waals surface area contributed by atoms with E-state index in [0.29, 0.717) is 12.6 Å².